The summed E-state index contributed by atoms with van der Waals surface area (Å²) in [6.45, 7) is 6.03. The third kappa shape index (κ3) is 5.09. The lowest BCUT2D eigenvalue weighted by Crippen LogP contribution is -2.16. The first kappa shape index (κ1) is 20.7. The molecule has 0 aliphatic rings. The summed E-state index contributed by atoms with van der Waals surface area (Å²) in [4.78, 5) is 32.6. The van der Waals surface area contributed by atoms with Crippen LogP contribution in [0.2, 0.25) is 5.02 Å². The lowest BCUT2D eigenvalue weighted by atomic mass is 10.1. The third-order valence-corrected chi connectivity index (χ3v) is 4.99. The van der Waals surface area contributed by atoms with E-state index in [1.165, 1.54) is 18.0 Å². The Bertz CT molecular complexity index is 1020. The van der Waals surface area contributed by atoms with Crippen molar-refractivity contribution in [1.82, 2.24) is 14.5 Å². The standard InChI is InChI=1S/C22H22ClN3O3/c1-14-11-25-20(12-24-14)22(28)29-13-21(27)19-10-15(2)26(16(19)3)9-8-17-4-6-18(23)7-5-17/h4-7,10-12H,8-9,13H2,1-3H3. The number of halogens is 1. The Balaban J connectivity index is 1.63. The van der Waals surface area contributed by atoms with Crippen LogP contribution >= 0.6 is 11.6 Å². The minimum absolute atomic E-state index is 0.0804. The molecule has 0 aliphatic heterocycles. The molecule has 0 saturated heterocycles. The van der Waals surface area contributed by atoms with E-state index in [1.807, 2.05) is 44.2 Å². The predicted molar refractivity (Wildman–Crippen MR) is 110 cm³/mol. The van der Waals surface area contributed by atoms with Gasteiger partial charge in [0.05, 0.1) is 11.9 Å². The first-order valence-electron chi connectivity index (χ1n) is 9.25. The van der Waals surface area contributed by atoms with E-state index in [0.717, 1.165) is 24.4 Å². The van der Waals surface area contributed by atoms with Gasteiger partial charge in [0.15, 0.2) is 12.3 Å². The monoisotopic (exact) mass is 411 g/mol. The molecule has 0 unspecified atom stereocenters. The fourth-order valence-corrected chi connectivity index (χ4v) is 3.23. The molecule has 150 valence electrons. The number of carbonyl (C=O) groups is 2. The fourth-order valence-electron chi connectivity index (χ4n) is 3.10. The number of carbonyl (C=O) groups excluding carboxylic acids is 2. The van der Waals surface area contributed by atoms with Crippen molar-refractivity contribution in [3.63, 3.8) is 0 Å². The number of hydrogen-bond acceptors (Lipinski definition) is 5. The molecule has 0 saturated carbocycles. The topological polar surface area (TPSA) is 74.1 Å². The van der Waals surface area contributed by atoms with Gasteiger partial charge in [-0.05, 0) is 51.0 Å². The average molecular weight is 412 g/mol. The summed E-state index contributed by atoms with van der Waals surface area (Å²) in [5.41, 5.74) is 4.34. The Morgan fingerprint density at radius 2 is 1.79 bits per heavy atom. The Morgan fingerprint density at radius 3 is 2.45 bits per heavy atom. The lowest BCUT2D eigenvalue weighted by molar-refractivity contribution is 0.0468. The molecule has 0 aliphatic carbocycles. The Labute approximate surface area is 174 Å². The number of ketones is 1. The maximum absolute atomic E-state index is 12.6. The second kappa shape index (κ2) is 9.01. The molecule has 0 spiro atoms. The van der Waals surface area contributed by atoms with Crippen LogP contribution in [0.4, 0.5) is 0 Å². The quantitative estimate of drug-likeness (QED) is 0.431. The van der Waals surface area contributed by atoms with Gasteiger partial charge in [-0.25, -0.2) is 9.78 Å². The summed E-state index contributed by atoms with van der Waals surface area (Å²) in [7, 11) is 0. The van der Waals surface area contributed by atoms with Gasteiger partial charge in [-0.3, -0.25) is 9.78 Å². The molecule has 0 amide bonds. The molecule has 2 aromatic heterocycles. The lowest BCUT2D eigenvalue weighted by Gasteiger charge is -2.10. The zero-order valence-electron chi connectivity index (χ0n) is 16.6. The molecule has 2 heterocycles. The van der Waals surface area contributed by atoms with Gasteiger partial charge in [0.2, 0.25) is 5.78 Å². The summed E-state index contributed by atoms with van der Waals surface area (Å²) in [5.74, 6) is -0.911. The van der Waals surface area contributed by atoms with Gasteiger partial charge in [0.25, 0.3) is 0 Å². The number of hydrogen-bond donors (Lipinski definition) is 0. The number of Topliss-reactive ketones (excluding diaryl/α,β-unsaturated/α-hetero) is 1. The van der Waals surface area contributed by atoms with Crippen molar-refractivity contribution in [2.24, 2.45) is 0 Å². The highest BCUT2D eigenvalue weighted by Crippen LogP contribution is 2.18. The van der Waals surface area contributed by atoms with E-state index in [2.05, 4.69) is 14.5 Å². The van der Waals surface area contributed by atoms with Gasteiger partial charge in [-0.1, -0.05) is 23.7 Å². The van der Waals surface area contributed by atoms with Crippen molar-refractivity contribution < 1.29 is 14.3 Å². The number of benzene rings is 1. The van der Waals surface area contributed by atoms with E-state index >= 15 is 0 Å². The van der Waals surface area contributed by atoms with Gasteiger partial charge in [-0.15, -0.1) is 0 Å². The summed E-state index contributed by atoms with van der Waals surface area (Å²) in [6, 6.07) is 9.56. The Kier molecular flexibility index (Phi) is 6.44. The first-order valence-corrected chi connectivity index (χ1v) is 9.63. The highest BCUT2D eigenvalue weighted by Gasteiger charge is 2.18. The van der Waals surface area contributed by atoms with Gasteiger partial charge < -0.3 is 9.30 Å². The minimum Gasteiger partial charge on any atom is -0.453 e. The zero-order valence-corrected chi connectivity index (χ0v) is 17.4. The van der Waals surface area contributed by atoms with Crippen LogP contribution in [0.5, 0.6) is 0 Å². The summed E-state index contributed by atoms with van der Waals surface area (Å²) in [5, 5.41) is 0.709. The molecule has 3 rings (SSSR count). The van der Waals surface area contributed by atoms with Gasteiger partial charge in [-0.2, -0.15) is 0 Å². The Morgan fingerprint density at radius 1 is 1.07 bits per heavy atom. The van der Waals surface area contributed by atoms with E-state index in [-0.39, 0.29) is 18.1 Å². The smallest absolute Gasteiger partial charge is 0.358 e. The number of esters is 1. The number of nitrogens with zero attached hydrogens (tertiary/aromatic N) is 3. The van der Waals surface area contributed by atoms with E-state index in [0.29, 0.717) is 16.3 Å². The summed E-state index contributed by atoms with van der Waals surface area (Å²) >= 11 is 5.93. The fraction of sp³-hybridized carbons (Fsp3) is 0.273. The number of ether oxygens (including phenoxy) is 1. The van der Waals surface area contributed by atoms with E-state index in [1.54, 1.807) is 6.92 Å². The van der Waals surface area contributed by atoms with E-state index < -0.39 is 5.97 Å². The largest absolute Gasteiger partial charge is 0.453 e. The number of aryl methyl sites for hydroxylation is 3. The van der Waals surface area contributed by atoms with Crippen molar-refractivity contribution in [2.45, 2.75) is 33.7 Å². The van der Waals surface area contributed by atoms with Crippen LogP contribution in [-0.4, -0.2) is 32.9 Å². The van der Waals surface area contributed by atoms with E-state index in [4.69, 9.17) is 16.3 Å². The van der Waals surface area contributed by atoms with Crippen molar-refractivity contribution in [3.8, 4) is 0 Å². The van der Waals surface area contributed by atoms with Crippen LogP contribution in [0.1, 0.15) is 43.5 Å². The second-order valence-corrected chi connectivity index (χ2v) is 7.29. The first-order chi connectivity index (χ1) is 13.8. The predicted octanol–water partition coefficient (Wildman–Crippen LogP) is 4.14. The highest BCUT2D eigenvalue weighted by atomic mass is 35.5. The Hall–Kier alpha value is -2.99. The molecule has 0 radical (unpaired) electrons. The van der Waals surface area contributed by atoms with Crippen LogP contribution in [0.25, 0.3) is 0 Å². The van der Waals surface area contributed by atoms with Crippen molar-refractivity contribution in [1.29, 1.82) is 0 Å². The number of rotatable bonds is 7. The van der Waals surface area contributed by atoms with Gasteiger partial charge in [0.1, 0.15) is 0 Å². The molecule has 29 heavy (non-hydrogen) atoms. The van der Waals surface area contributed by atoms with Gasteiger partial charge >= 0.3 is 5.97 Å². The SMILES string of the molecule is Cc1cnc(C(=O)OCC(=O)c2cc(C)n(CCc3ccc(Cl)cc3)c2C)cn1. The molecule has 0 N–H and O–H groups in total. The maximum atomic E-state index is 12.6. The van der Waals surface area contributed by atoms with Crippen molar-refractivity contribution >= 4 is 23.4 Å². The summed E-state index contributed by atoms with van der Waals surface area (Å²) in [6.07, 6.45) is 3.64. The van der Waals surface area contributed by atoms with Gasteiger partial charge in [0, 0.05) is 34.7 Å². The van der Waals surface area contributed by atoms with Crippen molar-refractivity contribution in [3.05, 3.63) is 81.7 Å². The van der Waals surface area contributed by atoms with Crippen molar-refractivity contribution in [2.75, 3.05) is 6.61 Å². The second-order valence-electron chi connectivity index (χ2n) is 6.86. The van der Waals surface area contributed by atoms with Crippen LogP contribution in [0.3, 0.4) is 0 Å². The molecule has 3 aromatic rings. The molecular formula is C22H22ClN3O3. The molecule has 0 atom stereocenters. The molecule has 1 aromatic carbocycles. The average Bonchev–Trinajstić information content (AvgIpc) is 3.00. The normalized spacial score (nSPS) is 10.8. The van der Waals surface area contributed by atoms with Crippen LogP contribution in [-0.2, 0) is 17.7 Å². The number of aromatic nitrogens is 3. The highest BCUT2D eigenvalue weighted by molar-refractivity contribution is 6.30. The van der Waals surface area contributed by atoms with E-state index in [9.17, 15) is 9.59 Å². The molecule has 7 heteroatoms. The molecule has 0 fully saturated rings. The van der Waals surface area contributed by atoms with Crippen LogP contribution < -0.4 is 0 Å². The van der Waals surface area contributed by atoms with Crippen LogP contribution in [0.15, 0.2) is 42.7 Å². The van der Waals surface area contributed by atoms with Crippen LogP contribution in [0, 0.1) is 20.8 Å². The summed E-state index contributed by atoms with van der Waals surface area (Å²) < 4.78 is 7.21. The molecule has 0 bridgehead atoms. The minimum atomic E-state index is -0.664. The molecule has 6 nitrogen and oxygen atoms in total. The molecular weight excluding hydrogens is 390 g/mol. The zero-order chi connectivity index (χ0) is 21.0. The maximum Gasteiger partial charge on any atom is 0.358 e. The third-order valence-electron chi connectivity index (χ3n) is 4.74.